The second-order valence-electron chi connectivity index (χ2n) is 7.25. The van der Waals surface area contributed by atoms with E-state index in [4.69, 9.17) is 9.47 Å². The number of benzene rings is 2. The number of amides is 1. The summed E-state index contributed by atoms with van der Waals surface area (Å²) in [5.41, 5.74) is 0.525. The molecule has 1 aliphatic heterocycles. The number of nitrogens with zero attached hydrogens (tertiary/aromatic N) is 3. The van der Waals surface area contributed by atoms with Gasteiger partial charge in [0.2, 0.25) is 0 Å². The number of nitrogens with one attached hydrogen (secondary N) is 1. The van der Waals surface area contributed by atoms with E-state index < -0.39 is 0 Å². The molecule has 162 valence electrons. The normalized spacial score (nSPS) is 14.5. The van der Waals surface area contributed by atoms with Gasteiger partial charge in [-0.1, -0.05) is 18.2 Å². The Morgan fingerprint density at radius 2 is 1.81 bits per heavy atom. The predicted octanol–water partition coefficient (Wildman–Crippen LogP) is 1.85. The number of hydrogen-bond donors (Lipinski definition) is 1. The van der Waals surface area contributed by atoms with Crippen LogP contribution in [0.2, 0.25) is 0 Å². The van der Waals surface area contributed by atoms with Gasteiger partial charge in [0, 0.05) is 31.6 Å². The number of ether oxygens (including phenoxy) is 2. The molecule has 2 heterocycles. The van der Waals surface area contributed by atoms with Crippen molar-refractivity contribution in [2.45, 2.75) is 6.92 Å². The van der Waals surface area contributed by atoms with Crippen LogP contribution in [0.5, 0.6) is 5.75 Å². The monoisotopic (exact) mass is 422 g/mol. The van der Waals surface area contributed by atoms with Crippen LogP contribution in [0, 0.1) is 0 Å². The van der Waals surface area contributed by atoms with Gasteiger partial charge in [-0.3, -0.25) is 14.5 Å². The first kappa shape index (κ1) is 21.0. The largest absolute Gasteiger partial charge is 0.494 e. The summed E-state index contributed by atoms with van der Waals surface area (Å²) in [5, 5.41) is 8.36. The van der Waals surface area contributed by atoms with E-state index in [-0.39, 0.29) is 17.2 Å². The minimum absolute atomic E-state index is 0.228. The molecule has 2 aromatic carbocycles. The lowest BCUT2D eigenvalue weighted by Gasteiger charge is -2.26. The third-order valence-corrected chi connectivity index (χ3v) is 5.23. The van der Waals surface area contributed by atoms with Gasteiger partial charge in [0.05, 0.1) is 30.9 Å². The first-order valence-corrected chi connectivity index (χ1v) is 10.5. The second kappa shape index (κ2) is 9.72. The van der Waals surface area contributed by atoms with Gasteiger partial charge in [0.15, 0.2) is 5.69 Å². The smallest absolute Gasteiger partial charge is 0.279 e. The first-order chi connectivity index (χ1) is 15.2. The molecule has 31 heavy (non-hydrogen) atoms. The highest BCUT2D eigenvalue weighted by Crippen LogP contribution is 2.17. The van der Waals surface area contributed by atoms with Crippen LogP contribution < -0.4 is 15.6 Å². The molecule has 0 atom stereocenters. The molecule has 0 saturated carbocycles. The van der Waals surface area contributed by atoms with E-state index in [2.05, 4.69) is 15.3 Å². The Labute approximate surface area is 180 Å². The number of aromatic nitrogens is 2. The van der Waals surface area contributed by atoms with Crippen LogP contribution in [0.3, 0.4) is 0 Å². The molecular weight excluding hydrogens is 396 g/mol. The molecule has 1 aliphatic rings. The summed E-state index contributed by atoms with van der Waals surface area (Å²) in [5.74, 6) is 0.408. The first-order valence-electron chi connectivity index (χ1n) is 10.5. The summed E-state index contributed by atoms with van der Waals surface area (Å²) >= 11 is 0. The van der Waals surface area contributed by atoms with Crippen molar-refractivity contribution >= 4 is 16.7 Å². The topological polar surface area (TPSA) is 85.7 Å². The molecule has 0 spiro atoms. The van der Waals surface area contributed by atoms with Crippen LogP contribution >= 0.6 is 0 Å². The van der Waals surface area contributed by atoms with Crippen molar-refractivity contribution in [1.29, 1.82) is 0 Å². The fourth-order valence-electron chi connectivity index (χ4n) is 3.62. The quantitative estimate of drug-likeness (QED) is 0.626. The summed E-state index contributed by atoms with van der Waals surface area (Å²) in [6.45, 7) is 6.86. The van der Waals surface area contributed by atoms with E-state index in [0.29, 0.717) is 48.6 Å². The van der Waals surface area contributed by atoms with Gasteiger partial charge in [-0.25, -0.2) is 0 Å². The zero-order valence-corrected chi connectivity index (χ0v) is 17.5. The molecule has 0 unspecified atom stereocenters. The molecule has 1 N–H and O–H groups in total. The van der Waals surface area contributed by atoms with Crippen LogP contribution in [0.4, 0.5) is 0 Å². The lowest BCUT2D eigenvalue weighted by Crippen LogP contribution is -2.41. The SMILES string of the molecule is CCOc1ccc(-n2nc(C(=O)NCCN3CCOCC3)c3ccccc3c2=O)cc1. The highest BCUT2D eigenvalue weighted by atomic mass is 16.5. The van der Waals surface area contributed by atoms with Crippen molar-refractivity contribution in [3.05, 3.63) is 64.6 Å². The Balaban J connectivity index is 1.62. The number of carbonyl (C=O) groups is 1. The summed E-state index contributed by atoms with van der Waals surface area (Å²) in [4.78, 5) is 28.3. The van der Waals surface area contributed by atoms with Crippen LogP contribution in [-0.4, -0.2) is 66.6 Å². The maximum atomic E-state index is 13.1. The number of carbonyl (C=O) groups excluding carboxylic acids is 1. The minimum Gasteiger partial charge on any atom is -0.494 e. The van der Waals surface area contributed by atoms with E-state index in [1.165, 1.54) is 4.68 Å². The van der Waals surface area contributed by atoms with Gasteiger partial charge in [0.25, 0.3) is 11.5 Å². The summed E-state index contributed by atoms with van der Waals surface area (Å²) in [7, 11) is 0. The van der Waals surface area contributed by atoms with Gasteiger partial charge in [-0.15, -0.1) is 0 Å². The van der Waals surface area contributed by atoms with Crippen LogP contribution in [0.1, 0.15) is 17.4 Å². The van der Waals surface area contributed by atoms with Crippen LogP contribution in [-0.2, 0) is 4.74 Å². The zero-order chi connectivity index (χ0) is 21.6. The van der Waals surface area contributed by atoms with Gasteiger partial charge >= 0.3 is 0 Å². The van der Waals surface area contributed by atoms with Crippen molar-refractivity contribution in [3.8, 4) is 11.4 Å². The van der Waals surface area contributed by atoms with E-state index in [1.54, 1.807) is 48.5 Å². The number of fused-ring (bicyclic) bond motifs is 1. The molecule has 8 heteroatoms. The highest BCUT2D eigenvalue weighted by molar-refractivity contribution is 6.04. The molecule has 1 aromatic heterocycles. The van der Waals surface area contributed by atoms with Crippen molar-refractivity contribution in [2.24, 2.45) is 0 Å². The molecule has 0 radical (unpaired) electrons. The number of morpholine rings is 1. The number of hydrogen-bond acceptors (Lipinski definition) is 6. The Morgan fingerprint density at radius 3 is 2.52 bits per heavy atom. The van der Waals surface area contributed by atoms with Gasteiger partial charge < -0.3 is 14.8 Å². The van der Waals surface area contributed by atoms with Crippen molar-refractivity contribution in [3.63, 3.8) is 0 Å². The predicted molar refractivity (Wildman–Crippen MR) is 118 cm³/mol. The molecular formula is C23H26N4O4. The van der Waals surface area contributed by atoms with E-state index in [9.17, 15) is 9.59 Å². The Kier molecular flexibility index (Phi) is 6.59. The molecule has 3 aromatic rings. The minimum atomic E-state index is -0.302. The highest BCUT2D eigenvalue weighted by Gasteiger charge is 2.18. The van der Waals surface area contributed by atoms with E-state index >= 15 is 0 Å². The third-order valence-electron chi connectivity index (χ3n) is 5.23. The van der Waals surface area contributed by atoms with Crippen LogP contribution in [0.25, 0.3) is 16.5 Å². The van der Waals surface area contributed by atoms with E-state index in [1.807, 2.05) is 6.92 Å². The fourth-order valence-corrected chi connectivity index (χ4v) is 3.62. The van der Waals surface area contributed by atoms with Gasteiger partial charge in [0.1, 0.15) is 5.75 Å². The third kappa shape index (κ3) is 4.76. The van der Waals surface area contributed by atoms with Gasteiger partial charge in [-0.05, 0) is 37.3 Å². The van der Waals surface area contributed by atoms with Crippen LogP contribution in [0.15, 0.2) is 53.3 Å². The average Bonchev–Trinajstić information content (AvgIpc) is 2.81. The molecule has 0 aliphatic carbocycles. The summed E-state index contributed by atoms with van der Waals surface area (Å²) < 4.78 is 12.1. The zero-order valence-electron chi connectivity index (χ0n) is 17.5. The Bertz CT molecular complexity index is 1100. The Morgan fingerprint density at radius 1 is 1.10 bits per heavy atom. The lowest BCUT2D eigenvalue weighted by atomic mass is 10.1. The number of rotatable bonds is 7. The maximum absolute atomic E-state index is 13.1. The maximum Gasteiger partial charge on any atom is 0.279 e. The van der Waals surface area contributed by atoms with E-state index in [0.717, 1.165) is 19.6 Å². The molecule has 0 bridgehead atoms. The molecule has 1 saturated heterocycles. The van der Waals surface area contributed by atoms with Gasteiger partial charge in [-0.2, -0.15) is 9.78 Å². The van der Waals surface area contributed by atoms with Crippen molar-refractivity contribution < 1.29 is 14.3 Å². The molecule has 1 fully saturated rings. The van der Waals surface area contributed by atoms with Crippen molar-refractivity contribution in [2.75, 3.05) is 46.0 Å². The lowest BCUT2D eigenvalue weighted by molar-refractivity contribution is 0.0383. The summed E-state index contributed by atoms with van der Waals surface area (Å²) in [6, 6.07) is 14.1. The average molecular weight is 422 g/mol. The van der Waals surface area contributed by atoms with Crippen molar-refractivity contribution in [1.82, 2.24) is 20.0 Å². The Hall–Kier alpha value is -3.23. The standard InChI is InChI=1S/C23H26N4O4/c1-2-31-18-9-7-17(8-10-18)27-23(29)20-6-4-3-5-19(20)21(25-27)22(28)24-11-12-26-13-15-30-16-14-26/h3-10H,2,11-16H2,1H3,(H,24,28). The summed E-state index contributed by atoms with van der Waals surface area (Å²) in [6.07, 6.45) is 0. The molecule has 4 rings (SSSR count). The molecule has 1 amide bonds. The second-order valence-corrected chi connectivity index (χ2v) is 7.25. The fraction of sp³-hybridized carbons (Fsp3) is 0.348. The molecule has 8 nitrogen and oxygen atoms in total.